The molecule has 3 aliphatic heterocycles. The second-order valence-corrected chi connectivity index (χ2v) is 11.1. The predicted molar refractivity (Wildman–Crippen MR) is 154 cm³/mol. The Kier molecular flexibility index (Phi) is 6.25. The van der Waals surface area contributed by atoms with Crippen molar-refractivity contribution in [2.75, 3.05) is 26.0 Å². The Morgan fingerprint density at radius 2 is 2.02 bits per heavy atom. The summed E-state index contributed by atoms with van der Waals surface area (Å²) in [6.07, 6.45) is 11.1. The molecule has 0 saturated carbocycles. The van der Waals surface area contributed by atoms with E-state index in [-0.39, 0.29) is 18.0 Å². The summed E-state index contributed by atoms with van der Waals surface area (Å²) >= 11 is 0. The van der Waals surface area contributed by atoms with Crippen molar-refractivity contribution in [3.63, 3.8) is 0 Å². The molecule has 0 bridgehead atoms. The van der Waals surface area contributed by atoms with Crippen molar-refractivity contribution in [2.45, 2.75) is 51.7 Å². The minimum Gasteiger partial charge on any atom is -0.392 e. The van der Waals surface area contributed by atoms with E-state index < -0.39 is 6.23 Å². The Bertz CT molecular complexity index is 1780. The molecule has 12 heteroatoms. The Labute approximate surface area is 236 Å². The highest BCUT2D eigenvalue weighted by Crippen LogP contribution is 2.31. The van der Waals surface area contributed by atoms with Crippen LogP contribution >= 0.6 is 0 Å². The van der Waals surface area contributed by atoms with Crippen LogP contribution in [0.4, 0.5) is 5.82 Å². The average Bonchev–Trinajstić information content (AvgIpc) is 3.56. The van der Waals surface area contributed by atoms with Gasteiger partial charge in [-0.05, 0) is 44.0 Å². The summed E-state index contributed by atoms with van der Waals surface area (Å²) in [6, 6.07) is 3.80. The molecule has 212 valence electrons. The fourth-order valence-corrected chi connectivity index (χ4v) is 6.15. The number of aliphatic hydroxyl groups is 2. The number of aromatic nitrogens is 6. The van der Waals surface area contributed by atoms with Crippen LogP contribution in [0.15, 0.2) is 53.5 Å². The Balaban J connectivity index is 1.27. The first-order valence-corrected chi connectivity index (χ1v) is 14.0. The monoisotopic (exact) mass is 555 g/mol. The number of rotatable bonds is 5. The summed E-state index contributed by atoms with van der Waals surface area (Å²) in [5.41, 5.74) is 4.44. The maximum atomic E-state index is 13.6. The van der Waals surface area contributed by atoms with Crippen molar-refractivity contribution in [2.24, 2.45) is 0 Å². The van der Waals surface area contributed by atoms with Crippen LogP contribution in [0.2, 0.25) is 0 Å². The molecular formula is C29H33N9O3. The highest BCUT2D eigenvalue weighted by molar-refractivity contribution is 5.84. The molecule has 7 heterocycles. The highest BCUT2D eigenvalue weighted by Gasteiger charge is 2.25. The van der Waals surface area contributed by atoms with Gasteiger partial charge in [0.1, 0.15) is 0 Å². The lowest BCUT2D eigenvalue weighted by atomic mass is 9.98. The zero-order valence-corrected chi connectivity index (χ0v) is 23.2. The van der Waals surface area contributed by atoms with Crippen LogP contribution < -0.4 is 10.9 Å². The van der Waals surface area contributed by atoms with Gasteiger partial charge in [0.25, 0.3) is 5.56 Å². The third-order valence-electron chi connectivity index (χ3n) is 8.30. The van der Waals surface area contributed by atoms with E-state index in [4.69, 9.17) is 0 Å². The predicted octanol–water partition coefficient (Wildman–Crippen LogP) is 1.65. The molecule has 3 aliphatic rings. The van der Waals surface area contributed by atoms with Gasteiger partial charge in [0.2, 0.25) is 0 Å². The van der Waals surface area contributed by atoms with E-state index in [1.54, 1.807) is 30.4 Å². The van der Waals surface area contributed by atoms with E-state index in [0.717, 1.165) is 67.8 Å². The van der Waals surface area contributed by atoms with Crippen LogP contribution in [0.1, 0.15) is 35.4 Å². The SMILES string of the molecule is CN1CCn2nc(NC3=CC(c4ccnc(-n5ncc6c7n(cc6c5=O)CCCC7)c4CO)=CN(C)C3O)cc2C1. The van der Waals surface area contributed by atoms with Gasteiger partial charge in [0, 0.05) is 73.6 Å². The van der Waals surface area contributed by atoms with Gasteiger partial charge in [0.05, 0.1) is 36.1 Å². The molecule has 0 radical (unpaired) electrons. The number of likely N-dealkylation sites (N-methyl/N-ethyl adjacent to an activating group) is 2. The summed E-state index contributed by atoms with van der Waals surface area (Å²) in [7, 11) is 3.86. The molecule has 4 aromatic heterocycles. The molecule has 3 N–H and O–H groups in total. The van der Waals surface area contributed by atoms with Gasteiger partial charge in [0.15, 0.2) is 17.9 Å². The lowest BCUT2D eigenvalue weighted by molar-refractivity contribution is 0.0878. The quantitative estimate of drug-likeness (QED) is 0.337. The first-order valence-electron chi connectivity index (χ1n) is 14.0. The van der Waals surface area contributed by atoms with Crippen molar-refractivity contribution < 1.29 is 10.2 Å². The number of allylic oxidation sites excluding steroid dienone is 2. The number of aliphatic hydroxyl groups excluding tert-OH is 2. The van der Waals surface area contributed by atoms with Crippen LogP contribution in [0.25, 0.3) is 22.2 Å². The maximum Gasteiger partial charge on any atom is 0.282 e. The number of aryl methyl sites for hydroxylation is 2. The van der Waals surface area contributed by atoms with E-state index in [9.17, 15) is 15.0 Å². The van der Waals surface area contributed by atoms with Crippen LogP contribution in [-0.2, 0) is 32.7 Å². The molecule has 1 atom stereocenters. The standard InChI is InChI=1S/C29H33N9O3/c1-34-9-10-37-19(15-34)12-26(33-37)32-24-11-18(14-35(2)29(24)41)20-6-7-30-27(23(20)17-39)38-28(40)22-16-36-8-4-3-5-25(36)21(22)13-31-38/h6-7,11-14,16,29,39,41H,3-5,8-10,15,17H2,1-2H3,(H,32,33). The average molecular weight is 556 g/mol. The van der Waals surface area contributed by atoms with Crippen molar-refractivity contribution in [3.8, 4) is 5.82 Å². The first-order chi connectivity index (χ1) is 19.9. The van der Waals surface area contributed by atoms with Gasteiger partial charge in [-0.1, -0.05) is 0 Å². The Morgan fingerprint density at radius 1 is 1.15 bits per heavy atom. The van der Waals surface area contributed by atoms with Gasteiger partial charge >= 0.3 is 0 Å². The largest absolute Gasteiger partial charge is 0.392 e. The number of anilines is 1. The molecule has 0 saturated heterocycles. The van der Waals surface area contributed by atoms with Crippen LogP contribution in [-0.4, -0.2) is 76.0 Å². The minimum absolute atomic E-state index is 0.263. The normalized spacial score (nSPS) is 19.1. The topological polar surface area (TPSA) is 130 Å². The van der Waals surface area contributed by atoms with Crippen molar-refractivity contribution in [1.29, 1.82) is 0 Å². The van der Waals surface area contributed by atoms with Crippen molar-refractivity contribution >= 4 is 22.2 Å². The van der Waals surface area contributed by atoms with E-state index >= 15 is 0 Å². The van der Waals surface area contributed by atoms with Gasteiger partial charge in [-0.3, -0.25) is 14.4 Å². The molecule has 7 rings (SSSR count). The number of fused-ring (bicyclic) bond motifs is 4. The summed E-state index contributed by atoms with van der Waals surface area (Å²) < 4.78 is 5.42. The van der Waals surface area contributed by atoms with Gasteiger partial charge in [-0.2, -0.15) is 14.9 Å². The van der Waals surface area contributed by atoms with Crippen molar-refractivity contribution in [1.82, 2.24) is 38.9 Å². The molecule has 0 aliphatic carbocycles. The number of pyridine rings is 1. The summed E-state index contributed by atoms with van der Waals surface area (Å²) in [4.78, 5) is 22.0. The molecule has 0 fully saturated rings. The molecule has 41 heavy (non-hydrogen) atoms. The third kappa shape index (κ3) is 4.35. The smallest absolute Gasteiger partial charge is 0.282 e. The zero-order valence-electron chi connectivity index (χ0n) is 23.2. The molecule has 12 nitrogen and oxygen atoms in total. The van der Waals surface area contributed by atoms with Gasteiger partial charge in [-0.15, -0.1) is 0 Å². The molecule has 0 spiro atoms. The Morgan fingerprint density at radius 3 is 2.88 bits per heavy atom. The fraction of sp³-hybridized carbons (Fsp3) is 0.379. The van der Waals surface area contributed by atoms with Crippen molar-refractivity contribution in [3.05, 3.63) is 81.6 Å². The lowest BCUT2D eigenvalue weighted by Crippen LogP contribution is -2.34. The van der Waals surface area contributed by atoms with Crippen LogP contribution in [0, 0.1) is 0 Å². The summed E-state index contributed by atoms with van der Waals surface area (Å²) in [5, 5.41) is 35.4. The van der Waals surface area contributed by atoms with Crippen LogP contribution in [0.3, 0.4) is 0 Å². The summed E-state index contributed by atoms with van der Waals surface area (Å²) in [6.45, 7) is 3.10. The zero-order chi connectivity index (χ0) is 28.2. The second kappa shape index (κ2) is 9.98. The van der Waals surface area contributed by atoms with Crippen LogP contribution in [0.5, 0.6) is 0 Å². The fourth-order valence-electron chi connectivity index (χ4n) is 6.15. The van der Waals surface area contributed by atoms with Gasteiger partial charge < -0.3 is 25.0 Å². The minimum atomic E-state index is -0.911. The second-order valence-electron chi connectivity index (χ2n) is 11.1. The van der Waals surface area contributed by atoms with E-state index in [1.807, 2.05) is 29.2 Å². The number of nitrogens with zero attached hydrogens (tertiary/aromatic N) is 8. The van der Waals surface area contributed by atoms with E-state index in [0.29, 0.717) is 28.0 Å². The molecule has 0 aromatic carbocycles. The lowest BCUT2D eigenvalue weighted by Gasteiger charge is -2.30. The Hall–Kier alpha value is -4.26. The first kappa shape index (κ1) is 25.7. The van der Waals surface area contributed by atoms with E-state index in [2.05, 4.69) is 37.0 Å². The summed E-state index contributed by atoms with van der Waals surface area (Å²) in [5.74, 6) is 0.942. The maximum absolute atomic E-state index is 13.6. The number of hydrogen-bond acceptors (Lipinski definition) is 9. The number of nitrogens with one attached hydrogen (secondary N) is 1. The third-order valence-corrected chi connectivity index (χ3v) is 8.30. The highest BCUT2D eigenvalue weighted by atomic mass is 16.3. The molecule has 1 unspecified atom stereocenters. The number of hydrogen-bond donors (Lipinski definition) is 3. The molecular weight excluding hydrogens is 522 g/mol. The molecule has 4 aromatic rings. The van der Waals surface area contributed by atoms with E-state index in [1.165, 1.54) is 4.68 Å². The van der Waals surface area contributed by atoms with Gasteiger partial charge in [-0.25, -0.2) is 4.98 Å². The molecule has 0 amide bonds.